The van der Waals surface area contributed by atoms with E-state index in [4.69, 9.17) is 11.1 Å². The average Bonchev–Trinajstić information content (AvgIpc) is 2.59. The van der Waals surface area contributed by atoms with Gasteiger partial charge in [0.15, 0.2) is 0 Å². The van der Waals surface area contributed by atoms with Gasteiger partial charge in [0.1, 0.15) is 0 Å². The van der Waals surface area contributed by atoms with Crippen molar-refractivity contribution in [1.29, 1.82) is 5.41 Å². The van der Waals surface area contributed by atoms with Crippen LogP contribution in [-0.4, -0.2) is 15.8 Å². The minimum atomic E-state index is -0.0847. The SMILES string of the molecule is N=C/C(=C\N)c1ccc2c(=O)n(Cc3ccccc3)cnc2c1. The summed E-state index contributed by atoms with van der Waals surface area (Å²) < 4.78 is 1.59. The van der Waals surface area contributed by atoms with Crippen molar-refractivity contribution in [2.24, 2.45) is 5.73 Å². The molecule has 0 unspecified atom stereocenters. The highest BCUT2D eigenvalue weighted by Gasteiger charge is 2.07. The molecule has 3 rings (SSSR count). The molecule has 0 amide bonds. The van der Waals surface area contributed by atoms with Gasteiger partial charge in [0, 0.05) is 18.0 Å². The molecule has 0 aliphatic rings. The summed E-state index contributed by atoms with van der Waals surface area (Å²) >= 11 is 0. The minimum absolute atomic E-state index is 0.0847. The molecule has 0 aliphatic carbocycles. The van der Waals surface area contributed by atoms with Crippen LogP contribution in [0.2, 0.25) is 0 Å². The zero-order chi connectivity index (χ0) is 16.2. The summed E-state index contributed by atoms with van der Waals surface area (Å²) in [7, 11) is 0. The van der Waals surface area contributed by atoms with Crippen LogP contribution < -0.4 is 11.3 Å². The van der Waals surface area contributed by atoms with Gasteiger partial charge >= 0.3 is 0 Å². The zero-order valence-electron chi connectivity index (χ0n) is 12.4. The third kappa shape index (κ3) is 2.89. The number of nitrogens with two attached hydrogens (primary N) is 1. The highest BCUT2D eigenvalue weighted by Crippen LogP contribution is 2.16. The third-order valence-corrected chi connectivity index (χ3v) is 3.69. The summed E-state index contributed by atoms with van der Waals surface area (Å²) in [5, 5.41) is 7.90. The Morgan fingerprint density at radius 2 is 2.00 bits per heavy atom. The van der Waals surface area contributed by atoms with Crippen LogP contribution in [0.1, 0.15) is 11.1 Å². The summed E-state index contributed by atoms with van der Waals surface area (Å²) in [6.45, 7) is 0.485. The maximum atomic E-state index is 12.6. The second-order valence-electron chi connectivity index (χ2n) is 5.16. The standard InChI is InChI=1S/C18H16N4O/c19-9-15(10-20)14-6-7-16-17(8-14)21-12-22(18(16)23)11-13-4-2-1-3-5-13/h1-10,12,19H,11,20H2/b15-10+,19-9?. The molecule has 0 radical (unpaired) electrons. The van der Waals surface area contributed by atoms with Gasteiger partial charge in [-0.15, -0.1) is 0 Å². The van der Waals surface area contributed by atoms with E-state index in [-0.39, 0.29) is 5.56 Å². The first-order valence-corrected chi connectivity index (χ1v) is 7.19. The smallest absolute Gasteiger partial charge is 0.261 e. The summed E-state index contributed by atoms with van der Waals surface area (Å²) in [5.74, 6) is 0. The molecule has 0 fully saturated rings. The molecule has 5 heteroatoms. The number of nitrogens with zero attached hydrogens (tertiary/aromatic N) is 2. The predicted molar refractivity (Wildman–Crippen MR) is 92.5 cm³/mol. The number of fused-ring (bicyclic) bond motifs is 1. The number of hydrogen-bond donors (Lipinski definition) is 2. The average molecular weight is 304 g/mol. The van der Waals surface area contributed by atoms with Crippen molar-refractivity contribution in [3.63, 3.8) is 0 Å². The lowest BCUT2D eigenvalue weighted by Gasteiger charge is -2.08. The number of benzene rings is 2. The Kier molecular flexibility index (Phi) is 4.01. The van der Waals surface area contributed by atoms with Crippen LogP contribution in [0.15, 0.2) is 65.9 Å². The topological polar surface area (TPSA) is 84.8 Å². The first-order valence-electron chi connectivity index (χ1n) is 7.19. The van der Waals surface area contributed by atoms with Gasteiger partial charge in [-0.25, -0.2) is 4.98 Å². The third-order valence-electron chi connectivity index (χ3n) is 3.69. The van der Waals surface area contributed by atoms with Crippen LogP contribution in [0, 0.1) is 5.41 Å². The fourth-order valence-electron chi connectivity index (χ4n) is 2.46. The highest BCUT2D eigenvalue weighted by molar-refractivity contribution is 6.09. The molecule has 0 aliphatic heterocycles. The van der Waals surface area contributed by atoms with Crippen molar-refractivity contribution >= 4 is 22.7 Å². The fraction of sp³-hybridized carbons (Fsp3) is 0.0556. The van der Waals surface area contributed by atoms with Crippen LogP contribution in [-0.2, 0) is 6.54 Å². The van der Waals surface area contributed by atoms with Crippen molar-refractivity contribution in [1.82, 2.24) is 9.55 Å². The molecule has 3 aromatic rings. The molecule has 1 heterocycles. The van der Waals surface area contributed by atoms with E-state index in [1.165, 1.54) is 12.4 Å². The molecular weight excluding hydrogens is 288 g/mol. The summed E-state index contributed by atoms with van der Waals surface area (Å²) in [6.07, 6.45) is 4.10. The largest absolute Gasteiger partial charge is 0.404 e. The number of allylic oxidation sites excluding steroid dienone is 1. The molecule has 0 saturated carbocycles. The zero-order valence-corrected chi connectivity index (χ0v) is 12.4. The van der Waals surface area contributed by atoms with E-state index in [0.717, 1.165) is 11.1 Å². The molecule has 114 valence electrons. The highest BCUT2D eigenvalue weighted by atomic mass is 16.1. The lowest BCUT2D eigenvalue weighted by molar-refractivity contribution is 0.748. The Bertz CT molecular complexity index is 942. The Hall–Kier alpha value is -3.21. The van der Waals surface area contributed by atoms with Crippen LogP contribution in [0.25, 0.3) is 16.5 Å². The number of rotatable bonds is 4. The van der Waals surface area contributed by atoms with E-state index in [1.807, 2.05) is 30.3 Å². The van der Waals surface area contributed by atoms with Gasteiger partial charge < -0.3 is 11.1 Å². The second-order valence-corrected chi connectivity index (χ2v) is 5.16. The molecule has 0 bridgehead atoms. The molecular formula is C18H16N4O. The van der Waals surface area contributed by atoms with Crippen molar-refractivity contribution in [2.45, 2.75) is 6.54 Å². The molecule has 0 atom stereocenters. The number of aromatic nitrogens is 2. The van der Waals surface area contributed by atoms with Crippen molar-refractivity contribution in [3.8, 4) is 0 Å². The van der Waals surface area contributed by atoms with E-state index in [2.05, 4.69) is 4.98 Å². The van der Waals surface area contributed by atoms with Crippen LogP contribution in [0.3, 0.4) is 0 Å². The molecule has 2 aromatic carbocycles. The van der Waals surface area contributed by atoms with Gasteiger partial charge in [-0.05, 0) is 23.3 Å². The van der Waals surface area contributed by atoms with Crippen LogP contribution in [0.5, 0.6) is 0 Å². The molecule has 0 saturated heterocycles. The van der Waals surface area contributed by atoms with E-state index in [0.29, 0.717) is 23.0 Å². The van der Waals surface area contributed by atoms with Gasteiger partial charge in [0.2, 0.25) is 0 Å². The Morgan fingerprint density at radius 3 is 2.70 bits per heavy atom. The Morgan fingerprint density at radius 1 is 1.22 bits per heavy atom. The molecule has 23 heavy (non-hydrogen) atoms. The first kappa shape index (κ1) is 14.7. The predicted octanol–water partition coefficient (Wildman–Crippen LogP) is 2.39. The van der Waals surface area contributed by atoms with Gasteiger partial charge in [-0.2, -0.15) is 0 Å². The molecule has 1 aromatic heterocycles. The van der Waals surface area contributed by atoms with Crippen LogP contribution in [0.4, 0.5) is 0 Å². The molecule has 0 spiro atoms. The van der Waals surface area contributed by atoms with E-state index in [9.17, 15) is 4.79 Å². The Labute approximate surface area is 133 Å². The second kappa shape index (κ2) is 6.27. The quantitative estimate of drug-likeness (QED) is 0.726. The molecule has 3 N–H and O–H groups in total. The maximum absolute atomic E-state index is 12.6. The first-order chi connectivity index (χ1) is 11.2. The summed E-state index contributed by atoms with van der Waals surface area (Å²) in [6, 6.07) is 15.1. The fourth-order valence-corrected chi connectivity index (χ4v) is 2.46. The van der Waals surface area contributed by atoms with Gasteiger partial charge in [0.25, 0.3) is 5.56 Å². The van der Waals surface area contributed by atoms with Crippen molar-refractivity contribution < 1.29 is 0 Å². The lowest BCUT2D eigenvalue weighted by atomic mass is 10.1. The van der Waals surface area contributed by atoms with E-state index < -0.39 is 0 Å². The number of nitrogens with one attached hydrogen (secondary N) is 1. The van der Waals surface area contributed by atoms with E-state index in [1.54, 1.807) is 29.1 Å². The van der Waals surface area contributed by atoms with Gasteiger partial charge in [-0.1, -0.05) is 36.4 Å². The van der Waals surface area contributed by atoms with Crippen LogP contribution >= 0.6 is 0 Å². The van der Waals surface area contributed by atoms with Crippen molar-refractivity contribution in [2.75, 3.05) is 0 Å². The lowest BCUT2D eigenvalue weighted by Crippen LogP contribution is -2.21. The minimum Gasteiger partial charge on any atom is -0.404 e. The monoisotopic (exact) mass is 304 g/mol. The van der Waals surface area contributed by atoms with Crippen molar-refractivity contribution in [3.05, 3.63) is 82.5 Å². The summed E-state index contributed by atoms with van der Waals surface area (Å²) in [5.41, 5.74) is 8.41. The van der Waals surface area contributed by atoms with Gasteiger partial charge in [0.05, 0.1) is 23.8 Å². The number of hydrogen-bond acceptors (Lipinski definition) is 4. The van der Waals surface area contributed by atoms with E-state index >= 15 is 0 Å². The molecule has 5 nitrogen and oxygen atoms in total. The summed E-state index contributed by atoms with van der Waals surface area (Å²) in [4.78, 5) is 17.0. The Balaban J connectivity index is 2.05. The van der Waals surface area contributed by atoms with Gasteiger partial charge in [-0.3, -0.25) is 9.36 Å². The normalized spacial score (nSPS) is 11.6. The maximum Gasteiger partial charge on any atom is 0.261 e.